The molecule has 24 heavy (non-hydrogen) atoms. The third-order valence-corrected chi connectivity index (χ3v) is 3.57. The highest BCUT2D eigenvalue weighted by Crippen LogP contribution is 2.32. The van der Waals surface area contributed by atoms with Crippen LogP contribution in [0.3, 0.4) is 0 Å². The van der Waals surface area contributed by atoms with Gasteiger partial charge in [-0.05, 0) is 31.5 Å². The van der Waals surface area contributed by atoms with Gasteiger partial charge in [-0.2, -0.15) is 0 Å². The molecule has 1 amide bonds. The average molecular weight is 337 g/mol. The molecule has 0 fully saturated rings. The molecule has 0 spiro atoms. The van der Waals surface area contributed by atoms with Crippen LogP contribution in [-0.4, -0.2) is 57.0 Å². The first kappa shape index (κ1) is 18.1. The van der Waals surface area contributed by atoms with E-state index in [1.165, 1.54) is 0 Å². The van der Waals surface area contributed by atoms with Gasteiger partial charge in [-0.15, -0.1) is 0 Å². The van der Waals surface area contributed by atoms with E-state index in [9.17, 15) is 9.59 Å². The minimum absolute atomic E-state index is 0.159. The number of carbonyl (C=O) groups excluding carboxylic acids is 2. The first-order valence-corrected chi connectivity index (χ1v) is 7.99. The van der Waals surface area contributed by atoms with Gasteiger partial charge >= 0.3 is 5.97 Å². The first-order valence-electron chi connectivity index (χ1n) is 7.99. The molecule has 0 bridgehead atoms. The summed E-state index contributed by atoms with van der Waals surface area (Å²) < 4.78 is 20.5. The van der Waals surface area contributed by atoms with Crippen LogP contribution in [0, 0.1) is 0 Å². The molecular weight excluding hydrogens is 314 g/mol. The molecule has 1 heterocycles. The summed E-state index contributed by atoms with van der Waals surface area (Å²) in [5.41, 5.74) is 0.500. The molecule has 0 atom stereocenters. The van der Waals surface area contributed by atoms with Gasteiger partial charge in [0.15, 0.2) is 11.5 Å². The summed E-state index contributed by atoms with van der Waals surface area (Å²) in [5, 5.41) is 0. The third-order valence-electron chi connectivity index (χ3n) is 3.57. The maximum atomic E-state index is 12.7. The quantitative estimate of drug-likeness (QED) is 0.506. The fourth-order valence-electron chi connectivity index (χ4n) is 2.39. The third kappa shape index (κ3) is 4.86. The van der Waals surface area contributed by atoms with E-state index in [0.29, 0.717) is 49.8 Å². The van der Waals surface area contributed by atoms with Crippen molar-refractivity contribution in [2.45, 2.75) is 19.8 Å². The van der Waals surface area contributed by atoms with Crippen molar-refractivity contribution in [3.05, 3.63) is 23.8 Å². The maximum absolute atomic E-state index is 12.7. The van der Waals surface area contributed by atoms with E-state index in [0.717, 1.165) is 0 Å². The van der Waals surface area contributed by atoms with E-state index in [-0.39, 0.29) is 25.1 Å². The average Bonchev–Trinajstić information content (AvgIpc) is 3.05. The Hall–Kier alpha value is -2.28. The predicted molar refractivity (Wildman–Crippen MR) is 86.2 cm³/mol. The lowest BCUT2D eigenvalue weighted by Gasteiger charge is -2.22. The van der Waals surface area contributed by atoms with E-state index in [4.69, 9.17) is 18.9 Å². The molecular formula is C17H23NO6. The SMILES string of the molecule is CCOC(=O)CCN(CCCOC)C(=O)c1ccc2c(c1)OCO2. The number of nitrogens with zero attached hydrogens (tertiary/aromatic N) is 1. The Kier molecular flexibility index (Phi) is 6.87. The second-order valence-electron chi connectivity index (χ2n) is 5.26. The molecule has 1 aromatic carbocycles. The molecule has 0 aromatic heterocycles. The summed E-state index contributed by atoms with van der Waals surface area (Å²) in [5.74, 6) is 0.716. The number of esters is 1. The Morgan fingerprint density at radius 1 is 1.21 bits per heavy atom. The Morgan fingerprint density at radius 2 is 2.00 bits per heavy atom. The number of benzene rings is 1. The Morgan fingerprint density at radius 3 is 2.75 bits per heavy atom. The van der Waals surface area contributed by atoms with Crippen LogP contribution >= 0.6 is 0 Å². The van der Waals surface area contributed by atoms with Gasteiger partial charge < -0.3 is 23.8 Å². The number of rotatable bonds is 9. The van der Waals surface area contributed by atoms with Crippen LogP contribution in [0.2, 0.25) is 0 Å². The zero-order valence-corrected chi connectivity index (χ0v) is 14.1. The van der Waals surface area contributed by atoms with Crippen molar-refractivity contribution in [1.82, 2.24) is 4.90 Å². The summed E-state index contributed by atoms with van der Waals surface area (Å²) in [7, 11) is 1.61. The van der Waals surface area contributed by atoms with Crippen LogP contribution in [0.15, 0.2) is 18.2 Å². The molecule has 132 valence electrons. The zero-order chi connectivity index (χ0) is 17.4. The predicted octanol–water partition coefficient (Wildman–Crippen LogP) is 1.85. The number of methoxy groups -OCH3 is 1. The van der Waals surface area contributed by atoms with Crippen LogP contribution in [0.4, 0.5) is 0 Å². The fourth-order valence-corrected chi connectivity index (χ4v) is 2.39. The molecule has 0 aliphatic carbocycles. The van der Waals surface area contributed by atoms with Crippen molar-refractivity contribution in [2.24, 2.45) is 0 Å². The van der Waals surface area contributed by atoms with Crippen molar-refractivity contribution < 1.29 is 28.5 Å². The first-order chi connectivity index (χ1) is 11.7. The summed E-state index contributed by atoms with van der Waals surface area (Å²) in [6.45, 7) is 3.60. The van der Waals surface area contributed by atoms with Gasteiger partial charge in [-0.25, -0.2) is 0 Å². The molecule has 7 heteroatoms. The zero-order valence-electron chi connectivity index (χ0n) is 14.1. The Bertz CT molecular complexity index is 574. The second-order valence-corrected chi connectivity index (χ2v) is 5.26. The summed E-state index contributed by atoms with van der Waals surface area (Å²) in [4.78, 5) is 25.9. The van der Waals surface area contributed by atoms with Gasteiger partial charge in [0.1, 0.15) is 0 Å². The van der Waals surface area contributed by atoms with Crippen LogP contribution < -0.4 is 9.47 Å². The molecule has 0 unspecified atom stereocenters. The number of carbonyl (C=O) groups is 2. The number of hydrogen-bond acceptors (Lipinski definition) is 6. The number of hydrogen-bond donors (Lipinski definition) is 0. The standard InChI is InChI=1S/C17H23NO6/c1-3-22-16(19)7-9-18(8-4-10-21-2)17(20)13-5-6-14-15(11-13)24-12-23-14/h5-6,11H,3-4,7-10,12H2,1-2H3. The van der Waals surface area contributed by atoms with Gasteiger partial charge in [0.25, 0.3) is 5.91 Å². The lowest BCUT2D eigenvalue weighted by atomic mass is 10.1. The molecule has 2 rings (SSSR count). The maximum Gasteiger partial charge on any atom is 0.307 e. The van der Waals surface area contributed by atoms with Crippen molar-refractivity contribution in [3.8, 4) is 11.5 Å². The lowest BCUT2D eigenvalue weighted by molar-refractivity contribution is -0.143. The van der Waals surface area contributed by atoms with E-state index in [2.05, 4.69) is 0 Å². The van der Waals surface area contributed by atoms with Gasteiger partial charge in [0, 0.05) is 32.4 Å². The molecule has 0 radical (unpaired) electrons. The van der Waals surface area contributed by atoms with E-state index >= 15 is 0 Å². The van der Waals surface area contributed by atoms with Crippen LogP contribution in [0.25, 0.3) is 0 Å². The normalized spacial score (nSPS) is 12.1. The number of fused-ring (bicyclic) bond motifs is 1. The second kappa shape index (κ2) is 9.12. The molecule has 1 aliphatic rings. The minimum Gasteiger partial charge on any atom is -0.466 e. The fraction of sp³-hybridized carbons (Fsp3) is 0.529. The van der Waals surface area contributed by atoms with E-state index < -0.39 is 0 Å². The summed E-state index contributed by atoms with van der Waals surface area (Å²) in [6.07, 6.45) is 0.854. The number of ether oxygens (including phenoxy) is 4. The highest BCUT2D eigenvalue weighted by atomic mass is 16.7. The largest absolute Gasteiger partial charge is 0.466 e. The minimum atomic E-state index is -0.312. The molecule has 0 saturated heterocycles. The van der Waals surface area contributed by atoms with E-state index in [1.807, 2.05) is 0 Å². The molecule has 1 aliphatic heterocycles. The Balaban J connectivity index is 2.03. The highest BCUT2D eigenvalue weighted by molar-refractivity contribution is 5.95. The van der Waals surface area contributed by atoms with Crippen molar-refractivity contribution >= 4 is 11.9 Å². The molecule has 7 nitrogen and oxygen atoms in total. The summed E-state index contributed by atoms with van der Waals surface area (Å²) in [6, 6.07) is 5.08. The smallest absolute Gasteiger partial charge is 0.307 e. The monoisotopic (exact) mass is 337 g/mol. The molecule has 1 aromatic rings. The lowest BCUT2D eigenvalue weighted by Crippen LogP contribution is -2.34. The van der Waals surface area contributed by atoms with Crippen molar-refractivity contribution in [3.63, 3.8) is 0 Å². The van der Waals surface area contributed by atoms with Crippen LogP contribution in [0.5, 0.6) is 11.5 Å². The van der Waals surface area contributed by atoms with Gasteiger partial charge in [0.05, 0.1) is 13.0 Å². The van der Waals surface area contributed by atoms with Gasteiger partial charge in [-0.1, -0.05) is 0 Å². The number of amides is 1. The van der Waals surface area contributed by atoms with Crippen molar-refractivity contribution in [2.75, 3.05) is 40.2 Å². The molecule has 0 N–H and O–H groups in total. The molecule has 0 saturated carbocycles. The van der Waals surface area contributed by atoms with Crippen molar-refractivity contribution in [1.29, 1.82) is 0 Å². The van der Waals surface area contributed by atoms with Crippen LogP contribution in [0.1, 0.15) is 30.1 Å². The summed E-state index contributed by atoms with van der Waals surface area (Å²) >= 11 is 0. The van der Waals surface area contributed by atoms with Gasteiger partial charge in [0.2, 0.25) is 6.79 Å². The highest BCUT2D eigenvalue weighted by Gasteiger charge is 2.21. The van der Waals surface area contributed by atoms with E-state index in [1.54, 1.807) is 37.1 Å². The topological polar surface area (TPSA) is 74.3 Å². The van der Waals surface area contributed by atoms with Gasteiger partial charge in [-0.3, -0.25) is 9.59 Å². The Labute approximate surface area is 141 Å². The van der Waals surface area contributed by atoms with Crippen LogP contribution in [-0.2, 0) is 14.3 Å².